The van der Waals surface area contributed by atoms with Gasteiger partial charge in [0, 0.05) is 19.2 Å². The zero-order chi connectivity index (χ0) is 10.5. The van der Waals surface area contributed by atoms with Crippen LogP contribution in [0.15, 0.2) is 0 Å². The molecule has 1 atom stereocenters. The lowest BCUT2D eigenvalue weighted by molar-refractivity contribution is 0.0382. The summed E-state index contributed by atoms with van der Waals surface area (Å²) in [7, 11) is 3.96. The van der Waals surface area contributed by atoms with E-state index in [9.17, 15) is 0 Å². The van der Waals surface area contributed by atoms with E-state index in [-0.39, 0.29) is 5.54 Å². The fourth-order valence-corrected chi connectivity index (χ4v) is 1.18. The third-order valence-electron chi connectivity index (χ3n) is 2.57. The van der Waals surface area contributed by atoms with E-state index in [0.29, 0.717) is 6.10 Å². The summed E-state index contributed by atoms with van der Waals surface area (Å²) in [5.74, 6) is 0. The number of methoxy groups -OCH3 is 1. The Morgan fingerprint density at radius 1 is 1.31 bits per heavy atom. The van der Waals surface area contributed by atoms with Crippen LogP contribution in [0, 0.1) is 0 Å². The first-order valence-corrected chi connectivity index (χ1v) is 5.15. The van der Waals surface area contributed by atoms with Crippen LogP contribution in [0.3, 0.4) is 0 Å². The van der Waals surface area contributed by atoms with Gasteiger partial charge in [-0.15, -0.1) is 0 Å². The predicted octanol–water partition coefficient (Wildman–Crippen LogP) is 2.53. The second-order valence-corrected chi connectivity index (χ2v) is 4.70. The Bertz CT molecular complexity index is 129. The van der Waals surface area contributed by atoms with Gasteiger partial charge < -0.3 is 4.74 Å². The molecular formula is C11H25NO. The van der Waals surface area contributed by atoms with Crippen molar-refractivity contribution in [3.05, 3.63) is 0 Å². The molecule has 0 saturated heterocycles. The molecule has 0 radical (unpaired) electrons. The predicted molar refractivity (Wildman–Crippen MR) is 58.1 cm³/mol. The number of hydrogen-bond acceptors (Lipinski definition) is 2. The largest absolute Gasteiger partial charge is 0.380 e. The quantitative estimate of drug-likeness (QED) is 0.656. The minimum Gasteiger partial charge on any atom is -0.380 e. The van der Waals surface area contributed by atoms with Crippen LogP contribution in [0.2, 0.25) is 0 Å². The molecule has 0 aliphatic rings. The van der Waals surface area contributed by atoms with E-state index in [2.05, 4.69) is 39.6 Å². The van der Waals surface area contributed by atoms with Crippen LogP contribution in [0.4, 0.5) is 0 Å². The minimum atomic E-state index is 0.241. The van der Waals surface area contributed by atoms with E-state index in [0.717, 1.165) is 13.0 Å². The van der Waals surface area contributed by atoms with Gasteiger partial charge in [0.2, 0.25) is 0 Å². The van der Waals surface area contributed by atoms with Gasteiger partial charge >= 0.3 is 0 Å². The number of rotatable bonds is 5. The number of nitrogens with zero attached hydrogens (tertiary/aromatic N) is 1. The molecule has 80 valence electrons. The molecule has 2 nitrogen and oxygen atoms in total. The van der Waals surface area contributed by atoms with Crippen molar-refractivity contribution in [1.29, 1.82) is 0 Å². The van der Waals surface area contributed by atoms with Gasteiger partial charge in [-0.1, -0.05) is 13.3 Å². The van der Waals surface area contributed by atoms with Gasteiger partial charge in [-0.05, 0) is 34.2 Å². The molecule has 13 heavy (non-hydrogen) atoms. The van der Waals surface area contributed by atoms with E-state index >= 15 is 0 Å². The highest BCUT2D eigenvalue weighted by molar-refractivity contribution is 4.75. The van der Waals surface area contributed by atoms with E-state index in [4.69, 9.17) is 4.74 Å². The summed E-state index contributed by atoms with van der Waals surface area (Å²) < 4.78 is 5.41. The highest BCUT2D eigenvalue weighted by Crippen LogP contribution is 2.13. The van der Waals surface area contributed by atoms with Gasteiger partial charge in [0.15, 0.2) is 0 Å². The van der Waals surface area contributed by atoms with Crippen LogP contribution in [0.25, 0.3) is 0 Å². The monoisotopic (exact) mass is 187 g/mol. The lowest BCUT2D eigenvalue weighted by Gasteiger charge is -2.34. The summed E-state index contributed by atoms with van der Waals surface area (Å²) in [5, 5.41) is 0. The van der Waals surface area contributed by atoms with Crippen LogP contribution in [-0.2, 0) is 4.74 Å². The average Bonchev–Trinajstić information content (AvgIpc) is 2.01. The molecule has 0 fully saturated rings. The molecule has 0 heterocycles. The van der Waals surface area contributed by atoms with Crippen molar-refractivity contribution in [1.82, 2.24) is 4.90 Å². The normalized spacial score (nSPS) is 15.0. The summed E-state index contributed by atoms with van der Waals surface area (Å²) >= 11 is 0. The van der Waals surface area contributed by atoms with Crippen LogP contribution >= 0.6 is 0 Å². The topological polar surface area (TPSA) is 12.5 Å². The summed E-state index contributed by atoms with van der Waals surface area (Å²) in [6.45, 7) is 9.90. The molecule has 0 saturated carbocycles. The Morgan fingerprint density at radius 2 is 1.85 bits per heavy atom. The molecule has 0 aliphatic carbocycles. The van der Waals surface area contributed by atoms with Crippen molar-refractivity contribution in [3.8, 4) is 0 Å². The van der Waals surface area contributed by atoms with Crippen LogP contribution in [-0.4, -0.2) is 37.2 Å². The van der Waals surface area contributed by atoms with Gasteiger partial charge in [0.1, 0.15) is 0 Å². The first-order chi connectivity index (χ1) is 5.91. The van der Waals surface area contributed by atoms with Crippen molar-refractivity contribution in [2.24, 2.45) is 0 Å². The molecule has 0 aromatic rings. The smallest absolute Gasteiger partial charge is 0.0698 e. The molecule has 0 N–H and O–H groups in total. The fourth-order valence-electron chi connectivity index (χ4n) is 1.18. The summed E-state index contributed by atoms with van der Waals surface area (Å²) in [5.41, 5.74) is 0.241. The van der Waals surface area contributed by atoms with Gasteiger partial charge in [0.25, 0.3) is 0 Å². The van der Waals surface area contributed by atoms with Gasteiger partial charge in [0.05, 0.1) is 6.10 Å². The molecule has 0 aromatic heterocycles. The summed E-state index contributed by atoms with van der Waals surface area (Å²) in [6.07, 6.45) is 2.72. The number of hydrogen-bond donors (Lipinski definition) is 0. The lowest BCUT2D eigenvalue weighted by Crippen LogP contribution is -2.43. The van der Waals surface area contributed by atoms with Crippen LogP contribution in [0.5, 0.6) is 0 Å². The molecule has 0 amide bonds. The summed E-state index contributed by atoms with van der Waals surface area (Å²) in [4.78, 5) is 2.34. The average molecular weight is 187 g/mol. The summed E-state index contributed by atoms with van der Waals surface area (Å²) in [6, 6.07) is 0. The third-order valence-corrected chi connectivity index (χ3v) is 2.57. The van der Waals surface area contributed by atoms with E-state index in [1.165, 1.54) is 6.42 Å². The Kier molecular flexibility index (Phi) is 5.57. The molecule has 0 aromatic carbocycles. The maximum absolute atomic E-state index is 5.41. The Morgan fingerprint density at radius 3 is 2.15 bits per heavy atom. The first kappa shape index (κ1) is 12.9. The third kappa shape index (κ3) is 5.27. The first-order valence-electron chi connectivity index (χ1n) is 5.15. The lowest BCUT2D eigenvalue weighted by atomic mass is 10.1. The second-order valence-electron chi connectivity index (χ2n) is 4.70. The van der Waals surface area contributed by atoms with Crippen LogP contribution in [0.1, 0.15) is 40.5 Å². The maximum Gasteiger partial charge on any atom is 0.0698 e. The standard InChI is InChI=1S/C11H25NO/c1-7-8-10(13-6)9-12(5)11(2,3)4/h10H,7-9H2,1-6H3. The highest BCUT2D eigenvalue weighted by atomic mass is 16.5. The van der Waals surface area contributed by atoms with Crippen molar-refractivity contribution < 1.29 is 4.74 Å². The molecule has 0 aliphatic heterocycles. The molecule has 0 rings (SSSR count). The highest BCUT2D eigenvalue weighted by Gasteiger charge is 2.19. The van der Waals surface area contributed by atoms with Crippen molar-refractivity contribution in [3.63, 3.8) is 0 Å². The Labute approximate surface area is 83.3 Å². The fraction of sp³-hybridized carbons (Fsp3) is 1.00. The van der Waals surface area contributed by atoms with Gasteiger partial charge in [-0.3, -0.25) is 4.90 Å². The van der Waals surface area contributed by atoms with E-state index in [1.54, 1.807) is 7.11 Å². The second kappa shape index (κ2) is 5.61. The van der Waals surface area contributed by atoms with E-state index in [1.807, 2.05) is 0 Å². The zero-order valence-electron chi connectivity index (χ0n) is 10.1. The SMILES string of the molecule is CCCC(CN(C)C(C)(C)C)OC. The molecule has 0 bridgehead atoms. The van der Waals surface area contributed by atoms with Crippen molar-refractivity contribution in [2.75, 3.05) is 20.7 Å². The maximum atomic E-state index is 5.41. The van der Waals surface area contributed by atoms with Crippen molar-refractivity contribution in [2.45, 2.75) is 52.2 Å². The van der Waals surface area contributed by atoms with Crippen LogP contribution < -0.4 is 0 Å². The number of likely N-dealkylation sites (N-methyl/N-ethyl adjacent to an activating group) is 1. The number of ether oxygens (including phenoxy) is 1. The van der Waals surface area contributed by atoms with E-state index < -0.39 is 0 Å². The molecule has 2 heteroatoms. The molecule has 0 spiro atoms. The molecule has 1 unspecified atom stereocenters. The minimum absolute atomic E-state index is 0.241. The zero-order valence-corrected chi connectivity index (χ0v) is 10.1. The molecular weight excluding hydrogens is 162 g/mol. The Hall–Kier alpha value is -0.0800. The van der Waals surface area contributed by atoms with Gasteiger partial charge in [-0.25, -0.2) is 0 Å². The van der Waals surface area contributed by atoms with Gasteiger partial charge in [-0.2, -0.15) is 0 Å². The van der Waals surface area contributed by atoms with Crippen molar-refractivity contribution >= 4 is 0 Å². The Balaban J connectivity index is 3.93.